The zero-order valence-electron chi connectivity index (χ0n) is 19.2. The number of aromatic nitrogens is 2. The maximum absolute atomic E-state index is 13.8. The summed E-state index contributed by atoms with van der Waals surface area (Å²) in [4.78, 5) is 7.83. The van der Waals surface area contributed by atoms with Crippen LogP contribution in [0.1, 0.15) is 17.0 Å². The van der Waals surface area contributed by atoms with Crippen molar-refractivity contribution in [1.82, 2.24) is 9.97 Å². The summed E-state index contributed by atoms with van der Waals surface area (Å²) in [5.74, 6) is 1.37. The number of allylic oxidation sites excluding steroid dienone is 1. The van der Waals surface area contributed by atoms with Crippen LogP contribution in [0.4, 0.5) is 4.39 Å². The molecular weight excluding hydrogens is 451 g/mol. The van der Waals surface area contributed by atoms with Crippen LogP contribution in [0.5, 0.6) is 23.0 Å². The van der Waals surface area contributed by atoms with E-state index in [0.29, 0.717) is 56.5 Å². The molecule has 0 saturated carbocycles. The summed E-state index contributed by atoms with van der Waals surface area (Å²) in [7, 11) is 4.57. The van der Waals surface area contributed by atoms with E-state index in [1.807, 2.05) is 6.07 Å². The number of H-pyrrole nitrogens is 1. The third-order valence-corrected chi connectivity index (χ3v) is 5.94. The highest BCUT2D eigenvalue weighted by molar-refractivity contribution is 5.83. The average Bonchev–Trinajstić information content (AvgIpc) is 3.28. The maximum Gasteiger partial charge on any atom is 0.205 e. The Morgan fingerprint density at radius 3 is 2.43 bits per heavy atom. The number of benzene rings is 3. The average molecular weight is 472 g/mol. The zero-order chi connectivity index (χ0) is 24.7. The lowest BCUT2D eigenvalue weighted by Gasteiger charge is -2.27. The van der Waals surface area contributed by atoms with Gasteiger partial charge in [-0.2, -0.15) is 5.26 Å². The number of halogens is 1. The molecule has 4 aromatic rings. The van der Waals surface area contributed by atoms with Crippen molar-refractivity contribution in [2.75, 3.05) is 21.3 Å². The van der Waals surface area contributed by atoms with Crippen LogP contribution in [0.2, 0.25) is 0 Å². The number of nitriles is 1. The molecule has 3 N–H and O–H groups in total. The molecule has 176 valence electrons. The molecule has 0 radical (unpaired) electrons. The van der Waals surface area contributed by atoms with E-state index in [9.17, 15) is 9.65 Å². The van der Waals surface area contributed by atoms with Gasteiger partial charge in [0.1, 0.15) is 29.0 Å². The first kappa shape index (κ1) is 22.1. The number of methoxy groups -OCH3 is 3. The fraction of sp³-hybridized carbons (Fsp3) is 0.154. The van der Waals surface area contributed by atoms with Gasteiger partial charge in [0.05, 0.1) is 38.3 Å². The van der Waals surface area contributed by atoms with Gasteiger partial charge in [-0.25, -0.2) is 9.37 Å². The summed E-state index contributed by atoms with van der Waals surface area (Å²) in [5.41, 5.74) is 9.73. The highest BCUT2D eigenvalue weighted by Crippen LogP contribution is 2.47. The summed E-state index contributed by atoms with van der Waals surface area (Å²) in [5, 5.41) is 9.95. The molecule has 0 spiro atoms. The number of hydrogen-bond donors (Lipinski definition) is 2. The number of nitrogens with one attached hydrogen (secondary N) is 1. The standard InChI is InChI=1S/C26H21FN4O4/c1-32-21-8-14(9-22(33-2)24(21)34-3)23-16-10-18-19(11-20(16)35-25(29)17(23)12-28)31-26(30-18)13-5-4-6-15(27)7-13/h4-11,23H,29H2,1-3H3,(H,30,31). The van der Waals surface area contributed by atoms with Crippen molar-refractivity contribution in [2.24, 2.45) is 5.73 Å². The quantitative estimate of drug-likeness (QED) is 0.436. The van der Waals surface area contributed by atoms with Gasteiger partial charge in [-0.05, 0) is 35.9 Å². The lowest BCUT2D eigenvalue weighted by atomic mass is 9.83. The van der Waals surface area contributed by atoms with Crippen molar-refractivity contribution in [3.8, 4) is 40.5 Å². The Morgan fingerprint density at radius 2 is 1.80 bits per heavy atom. The fourth-order valence-electron chi connectivity index (χ4n) is 4.35. The lowest BCUT2D eigenvalue weighted by Crippen LogP contribution is -2.21. The van der Waals surface area contributed by atoms with E-state index in [4.69, 9.17) is 24.7 Å². The van der Waals surface area contributed by atoms with Gasteiger partial charge in [0.2, 0.25) is 11.6 Å². The highest BCUT2D eigenvalue weighted by atomic mass is 19.1. The number of rotatable bonds is 5. The van der Waals surface area contributed by atoms with Crippen molar-refractivity contribution in [3.63, 3.8) is 0 Å². The first-order chi connectivity index (χ1) is 17.0. The minimum Gasteiger partial charge on any atom is -0.493 e. The molecule has 3 aromatic carbocycles. The zero-order valence-corrected chi connectivity index (χ0v) is 19.2. The molecular formula is C26H21FN4O4. The third-order valence-electron chi connectivity index (χ3n) is 5.94. The molecule has 1 atom stereocenters. The molecule has 0 aliphatic carbocycles. The Labute approximate surface area is 200 Å². The van der Waals surface area contributed by atoms with Gasteiger partial charge in [0, 0.05) is 17.2 Å². The Morgan fingerprint density at radius 1 is 1.06 bits per heavy atom. The molecule has 2 heterocycles. The maximum atomic E-state index is 13.8. The minimum absolute atomic E-state index is 0.000934. The van der Waals surface area contributed by atoms with Crippen LogP contribution >= 0.6 is 0 Å². The van der Waals surface area contributed by atoms with Gasteiger partial charge in [0.25, 0.3) is 0 Å². The monoisotopic (exact) mass is 472 g/mol. The Kier molecular flexibility index (Phi) is 5.41. The van der Waals surface area contributed by atoms with Crippen molar-refractivity contribution >= 4 is 11.0 Å². The van der Waals surface area contributed by atoms with E-state index in [-0.39, 0.29) is 17.3 Å². The molecule has 9 heteroatoms. The second-order valence-electron chi connectivity index (χ2n) is 7.89. The molecule has 1 aliphatic heterocycles. The number of nitrogens with zero attached hydrogens (tertiary/aromatic N) is 2. The predicted octanol–water partition coefficient (Wildman–Crippen LogP) is 4.61. The van der Waals surface area contributed by atoms with Crippen LogP contribution in [0.15, 0.2) is 60.0 Å². The molecule has 0 amide bonds. The molecule has 1 aliphatic rings. The van der Waals surface area contributed by atoms with Gasteiger partial charge < -0.3 is 29.7 Å². The van der Waals surface area contributed by atoms with Crippen molar-refractivity contribution in [2.45, 2.75) is 5.92 Å². The number of ether oxygens (including phenoxy) is 4. The molecule has 1 unspecified atom stereocenters. The number of fused-ring (bicyclic) bond motifs is 2. The van der Waals surface area contributed by atoms with Crippen LogP contribution in [0.3, 0.4) is 0 Å². The predicted molar refractivity (Wildman–Crippen MR) is 127 cm³/mol. The van der Waals surface area contributed by atoms with Crippen molar-refractivity contribution in [3.05, 3.63) is 76.9 Å². The fourth-order valence-corrected chi connectivity index (χ4v) is 4.35. The van der Waals surface area contributed by atoms with Crippen LogP contribution in [-0.4, -0.2) is 31.3 Å². The summed E-state index contributed by atoms with van der Waals surface area (Å²) in [6.45, 7) is 0. The van der Waals surface area contributed by atoms with Crippen LogP contribution in [0.25, 0.3) is 22.4 Å². The third kappa shape index (κ3) is 3.65. The SMILES string of the molecule is COc1cc(C2C(C#N)=C(N)Oc3cc4nc(-c5cccc(F)c5)[nH]c4cc32)cc(OC)c1OC. The summed E-state index contributed by atoms with van der Waals surface area (Å²) >= 11 is 0. The van der Waals surface area contributed by atoms with Gasteiger partial charge in [0.15, 0.2) is 11.5 Å². The molecule has 1 aromatic heterocycles. The van der Waals surface area contributed by atoms with Gasteiger partial charge in [-0.3, -0.25) is 0 Å². The number of imidazole rings is 1. The summed E-state index contributed by atoms with van der Waals surface area (Å²) < 4.78 is 36.0. The summed E-state index contributed by atoms with van der Waals surface area (Å²) in [6, 6.07) is 15.5. The Balaban J connectivity index is 1.71. The van der Waals surface area contributed by atoms with Crippen LogP contribution < -0.4 is 24.7 Å². The number of hydrogen-bond acceptors (Lipinski definition) is 7. The van der Waals surface area contributed by atoms with Gasteiger partial charge in [-0.1, -0.05) is 12.1 Å². The first-order valence-corrected chi connectivity index (χ1v) is 10.6. The van der Waals surface area contributed by atoms with E-state index < -0.39 is 5.92 Å². The second kappa shape index (κ2) is 8.57. The van der Waals surface area contributed by atoms with E-state index in [1.165, 1.54) is 33.5 Å². The Hall–Kier alpha value is -4.71. The molecule has 8 nitrogen and oxygen atoms in total. The van der Waals surface area contributed by atoms with E-state index in [0.717, 1.165) is 0 Å². The number of aromatic amines is 1. The smallest absolute Gasteiger partial charge is 0.205 e. The molecule has 35 heavy (non-hydrogen) atoms. The highest BCUT2D eigenvalue weighted by Gasteiger charge is 2.33. The van der Waals surface area contributed by atoms with Gasteiger partial charge >= 0.3 is 0 Å². The van der Waals surface area contributed by atoms with Crippen LogP contribution in [0, 0.1) is 17.1 Å². The van der Waals surface area contributed by atoms with E-state index in [1.54, 1.807) is 30.3 Å². The molecule has 0 bridgehead atoms. The van der Waals surface area contributed by atoms with E-state index >= 15 is 0 Å². The molecule has 0 saturated heterocycles. The second-order valence-corrected chi connectivity index (χ2v) is 7.89. The Bertz CT molecular complexity index is 1510. The molecule has 5 rings (SSSR count). The van der Waals surface area contributed by atoms with Crippen LogP contribution in [-0.2, 0) is 0 Å². The lowest BCUT2D eigenvalue weighted by molar-refractivity contribution is 0.323. The number of nitrogens with two attached hydrogens (primary N) is 1. The minimum atomic E-state index is -0.567. The largest absolute Gasteiger partial charge is 0.493 e. The van der Waals surface area contributed by atoms with Gasteiger partial charge in [-0.15, -0.1) is 0 Å². The van der Waals surface area contributed by atoms with E-state index in [2.05, 4.69) is 16.0 Å². The van der Waals surface area contributed by atoms with Crippen molar-refractivity contribution in [1.29, 1.82) is 5.26 Å². The normalized spacial score (nSPS) is 14.8. The van der Waals surface area contributed by atoms with Crippen molar-refractivity contribution < 1.29 is 23.3 Å². The summed E-state index contributed by atoms with van der Waals surface area (Å²) in [6.07, 6.45) is 0. The molecule has 0 fully saturated rings. The topological polar surface area (TPSA) is 115 Å². The first-order valence-electron chi connectivity index (χ1n) is 10.6.